The second kappa shape index (κ2) is 4.88. The summed E-state index contributed by atoms with van der Waals surface area (Å²) in [5.41, 5.74) is 2.06. The summed E-state index contributed by atoms with van der Waals surface area (Å²) in [7, 11) is 0. The molecule has 0 saturated carbocycles. The molecule has 0 aliphatic carbocycles. The van der Waals surface area contributed by atoms with E-state index in [4.69, 9.17) is 0 Å². The molecule has 90 valence electrons. The maximum absolute atomic E-state index is 9.49. The maximum Gasteiger partial charge on any atom is 0.298 e. The van der Waals surface area contributed by atoms with E-state index in [1.54, 1.807) is 17.4 Å². The van der Waals surface area contributed by atoms with Crippen LogP contribution in [0.2, 0.25) is 0 Å². The van der Waals surface area contributed by atoms with Crippen LogP contribution >= 0.6 is 23.1 Å². The van der Waals surface area contributed by atoms with Gasteiger partial charge in [-0.3, -0.25) is 0 Å². The van der Waals surface area contributed by atoms with E-state index in [0.717, 1.165) is 23.6 Å². The molecular weight excluding hydrogens is 322 g/mol. The first kappa shape index (κ1) is 12.7. The predicted octanol–water partition coefficient (Wildman–Crippen LogP) is -0.777. The number of rotatable bonds is 1. The van der Waals surface area contributed by atoms with Crippen molar-refractivity contribution in [3.05, 3.63) is 23.6 Å². The fourth-order valence-corrected chi connectivity index (χ4v) is 4.04. The molecule has 3 rings (SSSR count). The summed E-state index contributed by atoms with van der Waals surface area (Å²) in [6.45, 7) is 1.01. The molecule has 1 aliphatic rings. The standard InChI is InChI=1S/C11H9NO2S2.BrH/c13-9-2-1-7(5-10(9)14)8-6-16-11-12(8)3-4-15-11;/h1-2,5-6H,3-4H2,(H-,13,14);1H. The number of thioether (sulfide) groups is 1. The highest BCUT2D eigenvalue weighted by Gasteiger charge is 2.27. The Bertz CT molecular complexity index is 556. The SMILES string of the molecule is Oc1ccc(-c2csc3[n+]2CCS3)cc1O.[Br-]. The number of hydrogen-bond donors (Lipinski definition) is 2. The molecule has 2 aromatic rings. The van der Waals surface area contributed by atoms with Crippen molar-refractivity contribution >= 4 is 23.1 Å². The second-order valence-electron chi connectivity index (χ2n) is 3.59. The van der Waals surface area contributed by atoms with Crippen LogP contribution < -0.4 is 21.5 Å². The smallest absolute Gasteiger partial charge is 0.298 e. The molecule has 0 unspecified atom stereocenters. The number of halogens is 1. The zero-order valence-corrected chi connectivity index (χ0v) is 12.0. The molecule has 0 radical (unpaired) electrons. The molecule has 2 N–H and O–H groups in total. The van der Waals surface area contributed by atoms with E-state index in [1.165, 1.54) is 10.4 Å². The van der Waals surface area contributed by atoms with Crippen molar-refractivity contribution in [3.63, 3.8) is 0 Å². The van der Waals surface area contributed by atoms with Gasteiger partial charge in [-0.25, -0.2) is 0 Å². The van der Waals surface area contributed by atoms with Crippen molar-refractivity contribution in [2.75, 3.05) is 5.75 Å². The maximum atomic E-state index is 9.49. The number of benzene rings is 1. The molecule has 1 aliphatic heterocycles. The van der Waals surface area contributed by atoms with Crippen LogP contribution in [0.15, 0.2) is 27.9 Å². The third kappa shape index (κ3) is 2.17. The number of hydrogen-bond acceptors (Lipinski definition) is 4. The van der Waals surface area contributed by atoms with Crippen LogP contribution in [0.5, 0.6) is 11.5 Å². The first-order valence-corrected chi connectivity index (χ1v) is 6.79. The minimum absolute atomic E-state index is 0. The van der Waals surface area contributed by atoms with Gasteiger partial charge in [0.2, 0.25) is 5.69 Å². The summed E-state index contributed by atoms with van der Waals surface area (Å²) in [6, 6.07) is 4.96. The third-order valence-electron chi connectivity index (χ3n) is 2.59. The molecule has 0 spiro atoms. The highest BCUT2D eigenvalue weighted by molar-refractivity contribution is 8.01. The minimum atomic E-state index is -0.0741. The number of aromatic hydroxyl groups is 2. The van der Waals surface area contributed by atoms with Crippen LogP contribution in [-0.4, -0.2) is 16.0 Å². The van der Waals surface area contributed by atoms with Gasteiger partial charge in [0.1, 0.15) is 0 Å². The van der Waals surface area contributed by atoms with Crippen molar-refractivity contribution in [3.8, 4) is 22.8 Å². The minimum Gasteiger partial charge on any atom is -1.00 e. The number of aromatic nitrogens is 1. The number of phenols is 2. The van der Waals surface area contributed by atoms with Crippen molar-refractivity contribution in [1.29, 1.82) is 0 Å². The van der Waals surface area contributed by atoms with Crippen LogP contribution in [-0.2, 0) is 6.54 Å². The summed E-state index contributed by atoms with van der Waals surface area (Å²) < 4.78 is 3.56. The number of phenolic OH excluding ortho intramolecular Hbond substituents is 2. The van der Waals surface area contributed by atoms with Gasteiger partial charge in [-0.2, -0.15) is 4.57 Å². The van der Waals surface area contributed by atoms with E-state index in [0.29, 0.717) is 0 Å². The molecular formula is C11H10BrNO2S2. The molecule has 1 aromatic heterocycles. The first-order chi connectivity index (χ1) is 7.75. The quantitative estimate of drug-likeness (QED) is 0.532. The Balaban J connectivity index is 0.00000108. The average molecular weight is 332 g/mol. The number of thiazole rings is 1. The Labute approximate surface area is 118 Å². The van der Waals surface area contributed by atoms with E-state index in [-0.39, 0.29) is 28.5 Å². The predicted molar refractivity (Wildman–Crippen MR) is 64.0 cm³/mol. The van der Waals surface area contributed by atoms with E-state index in [2.05, 4.69) is 9.95 Å². The van der Waals surface area contributed by atoms with Crippen LogP contribution in [0.4, 0.5) is 0 Å². The average Bonchev–Trinajstić information content (AvgIpc) is 2.83. The Hall–Kier alpha value is -0.720. The van der Waals surface area contributed by atoms with Gasteiger partial charge in [0.25, 0.3) is 4.34 Å². The van der Waals surface area contributed by atoms with Gasteiger partial charge < -0.3 is 27.2 Å². The molecule has 3 nitrogen and oxygen atoms in total. The lowest BCUT2D eigenvalue weighted by Gasteiger charge is -1.99. The van der Waals surface area contributed by atoms with E-state index in [1.807, 2.05) is 17.8 Å². The van der Waals surface area contributed by atoms with Crippen LogP contribution in [0.25, 0.3) is 11.3 Å². The molecule has 0 saturated heterocycles. The fraction of sp³-hybridized carbons (Fsp3) is 0.182. The fourth-order valence-electron chi connectivity index (χ4n) is 1.79. The van der Waals surface area contributed by atoms with Gasteiger partial charge in [0.05, 0.1) is 16.7 Å². The molecule has 0 bridgehead atoms. The van der Waals surface area contributed by atoms with Crippen molar-refractivity contribution in [2.45, 2.75) is 10.9 Å². The van der Waals surface area contributed by atoms with Crippen LogP contribution in [0, 0.1) is 0 Å². The molecule has 2 heterocycles. The van der Waals surface area contributed by atoms with Gasteiger partial charge in [0, 0.05) is 0 Å². The van der Waals surface area contributed by atoms with Gasteiger partial charge >= 0.3 is 0 Å². The second-order valence-corrected chi connectivity index (χ2v) is 5.79. The zero-order valence-electron chi connectivity index (χ0n) is 8.76. The summed E-state index contributed by atoms with van der Waals surface area (Å²) in [4.78, 5) is 0. The Morgan fingerprint density at radius 3 is 2.76 bits per heavy atom. The lowest BCUT2D eigenvalue weighted by Crippen LogP contribution is -3.00. The van der Waals surface area contributed by atoms with Crippen molar-refractivity contribution < 1.29 is 31.8 Å². The van der Waals surface area contributed by atoms with Crippen molar-refractivity contribution in [1.82, 2.24) is 0 Å². The van der Waals surface area contributed by atoms with Gasteiger partial charge in [-0.1, -0.05) is 11.3 Å². The molecule has 0 fully saturated rings. The Kier molecular flexibility index (Phi) is 3.65. The summed E-state index contributed by atoms with van der Waals surface area (Å²) in [6.07, 6.45) is 0. The monoisotopic (exact) mass is 331 g/mol. The topological polar surface area (TPSA) is 44.3 Å². The largest absolute Gasteiger partial charge is 1.00 e. The van der Waals surface area contributed by atoms with Crippen LogP contribution in [0.1, 0.15) is 0 Å². The van der Waals surface area contributed by atoms with Gasteiger partial charge in [-0.15, -0.1) is 0 Å². The molecule has 6 heteroatoms. The highest BCUT2D eigenvalue weighted by Crippen LogP contribution is 2.33. The Morgan fingerprint density at radius 1 is 1.18 bits per heavy atom. The van der Waals surface area contributed by atoms with Crippen molar-refractivity contribution in [2.24, 2.45) is 0 Å². The zero-order chi connectivity index (χ0) is 11.1. The summed E-state index contributed by atoms with van der Waals surface area (Å²) in [5, 5.41) is 20.9. The van der Waals surface area contributed by atoms with Gasteiger partial charge in [-0.05, 0) is 30.0 Å². The number of fused-ring (bicyclic) bond motifs is 1. The first-order valence-electron chi connectivity index (χ1n) is 4.92. The molecule has 1 aromatic carbocycles. The van der Waals surface area contributed by atoms with Gasteiger partial charge in [0.15, 0.2) is 18.0 Å². The lowest BCUT2D eigenvalue weighted by molar-refractivity contribution is -0.706. The summed E-state index contributed by atoms with van der Waals surface area (Å²) in [5.74, 6) is 0.975. The summed E-state index contributed by atoms with van der Waals surface area (Å²) >= 11 is 3.59. The Morgan fingerprint density at radius 2 is 2.00 bits per heavy atom. The lowest BCUT2D eigenvalue weighted by atomic mass is 10.1. The molecule has 17 heavy (non-hydrogen) atoms. The molecule has 0 atom stereocenters. The van der Waals surface area contributed by atoms with Crippen LogP contribution in [0.3, 0.4) is 0 Å². The third-order valence-corrected chi connectivity index (χ3v) is 4.85. The number of nitrogens with zero attached hydrogens (tertiary/aromatic N) is 1. The van der Waals surface area contributed by atoms with E-state index < -0.39 is 0 Å². The van der Waals surface area contributed by atoms with E-state index >= 15 is 0 Å². The molecule has 0 amide bonds. The normalized spacial score (nSPS) is 13.2. The van der Waals surface area contributed by atoms with E-state index in [9.17, 15) is 10.2 Å². The highest BCUT2D eigenvalue weighted by atomic mass is 79.9.